The third kappa shape index (κ3) is 5.19. The molecule has 0 saturated heterocycles. The van der Waals surface area contributed by atoms with Crippen molar-refractivity contribution in [2.45, 2.75) is 70.8 Å². The van der Waals surface area contributed by atoms with Crippen LogP contribution in [0.4, 0.5) is 0 Å². The van der Waals surface area contributed by atoms with Crippen LogP contribution in [-0.2, 0) is 4.74 Å². The lowest BCUT2D eigenvalue weighted by molar-refractivity contribution is 0.0227. The Morgan fingerprint density at radius 1 is 0.800 bits per heavy atom. The van der Waals surface area contributed by atoms with Gasteiger partial charge in [0.05, 0.1) is 6.10 Å². The molecule has 0 bridgehead atoms. The zero-order chi connectivity index (χ0) is 17.5. The molecule has 0 amide bonds. The Bertz CT molecular complexity index is 618. The first kappa shape index (κ1) is 18.2. The minimum absolute atomic E-state index is 0.500. The fourth-order valence-electron chi connectivity index (χ4n) is 3.86. The van der Waals surface area contributed by atoms with E-state index in [4.69, 9.17) is 4.74 Å². The average molecular weight is 337 g/mol. The van der Waals surface area contributed by atoms with E-state index >= 15 is 0 Å². The van der Waals surface area contributed by atoms with Crippen molar-refractivity contribution in [1.82, 2.24) is 0 Å². The lowest BCUT2D eigenvalue weighted by atomic mass is 9.82. The van der Waals surface area contributed by atoms with E-state index in [2.05, 4.69) is 62.4 Å². The molecule has 0 heterocycles. The molecular weight excluding hydrogens is 304 g/mol. The van der Waals surface area contributed by atoms with Crippen molar-refractivity contribution in [2.24, 2.45) is 0 Å². The van der Waals surface area contributed by atoms with Crippen LogP contribution in [0.3, 0.4) is 0 Å². The van der Waals surface area contributed by atoms with Gasteiger partial charge < -0.3 is 4.74 Å². The molecule has 0 N–H and O–H groups in total. The first-order chi connectivity index (χ1) is 12.3. The molecule has 25 heavy (non-hydrogen) atoms. The average Bonchev–Trinajstić information content (AvgIpc) is 2.67. The van der Waals surface area contributed by atoms with Gasteiger partial charge in [0.1, 0.15) is 0 Å². The fraction of sp³-hybridized carbons (Fsp3) is 0.500. The van der Waals surface area contributed by atoms with Crippen molar-refractivity contribution in [1.29, 1.82) is 0 Å². The SMILES string of the molecule is CCCCCOC1CCC(c2ccc(-c3ccc(C)cc3)cc2)CC1. The van der Waals surface area contributed by atoms with Crippen molar-refractivity contribution < 1.29 is 4.74 Å². The molecular formula is C24H32O. The summed E-state index contributed by atoms with van der Waals surface area (Å²) in [7, 11) is 0. The second kappa shape index (κ2) is 9.20. The highest BCUT2D eigenvalue weighted by Gasteiger charge is 2.22. The van der Waals surface area contributed by atoms with E-state index in [-0.39, 0.29) is 0 Å². The normalized spacial score (nSPS) is 20.6. The molecule has 0 aliphatic heterocycles. The molecule has 1 aliphatic carbocycles. The van der Waals surface area contributed by atoms with Gasteiger partial charge in [0.2, 0.25) is 0 Å². The van der Waals surface area contributed by atoms with E-state index in [0.717, 1.165) is 6.61 Å². The lowest BCUT2D eigenvalue weighted by Crippen LogP contribution is -2.21. The van der Waals surface area contributed by atoms with Gasteiger partial charge in [0.15, 0.2) is 0 Å². The third-order valence-corrected chi connectivity index (χ3v) is 5.54. The summed E-state index contributed by atoms with van der Waals surface area (Å²) in [6.07, 6.45) is 9.26. The molecule has 0 aromatic heterocycles. The van der Waals surface area contributed by atoms with E-state index in [1.807, 2.05) is 0 Å². The molecule has 1 fully saturated rings. The van der Waals surface area contributed by atoms with Gasteiger partial charge in [-0.3, -0.25) is 0 Å². The minimum Gasteiger partial charge on any atom is -0.378 e. The van der Waals surface area contributed by atoms with Gasteiger partial charge in [-0.1, -0.05) is 73.9 Å². The van der Waals surface area contributed by atoms with Crippen LogP contribution in [-0.4, -0.2) is 12.7 Å². The Morgan fingerprint density at radius 2 is 1.40 bits per heavy atom. The molecule has 0 radical (unpaired) electrons. The van der Waals surface area contributed by atoms with E-state index in [0.29, 0.717) is 12.0 Å². The quantitative estimate of drug-likeness (QED) is 0.500. The lowest BCUT2D eigenvalue weighted by Gasteiger charge is -2.29. The second-order valence-corrected chi connectivity index (χ2v) is 7.54. The van der Waals surface area contributed by atoms with Crippen LogP contribution >= 0.6 is 0 Å². The van der Waals surface area contributed by atoms with Crippen LogP contribution in [0.15, 0.2) is 48.5 Å². The summed E-state index contributed by atoms with van der Waals surface area (Å²) in [6, 6.07) is 18.0. The molecule has 1 heteroatoms. The monoisotopic (exact) mass is 336 g/mol. The summed E-state index contributed by atoms with van der Waals surface area (Å²) >= 11 is 0. The van der Waals surface area contributed by atoms with E-state index < -0.39 is 0 Å². The molecule has 0 atom stereocenters. The molecule has 3 rings (SSSR count). The fourth-order valence-corrected chi connectivity index (χ4v) is 3.86. The third-order valence-electron chi connectivity index (χ3n) is 5.54. The molecule has 0 unspecified atom stereocenters. The minimum atomic E-state index is 0.500. The maximum Gasteiger partial charge on any atom is 0.0575 e. The molecule has 134 valence electrons. The van der Waals surface area contributed by atoms with Gasteiger partial charge in [-0.05, 0) is 61.6 Å². The Morgan fingerprint density at radius 3 is 2.00 bits per heavy atom. The van der Waals surface area contributed by atoms with Gasteiger partial charge in [-0.25, -0.2) is 0 Å². The van der Waals surface area contributed by atoms with Gasteiger partial charge >= 0.3 is 0 Å². The van der Waals surface area contributed by atoms with E-state index in [1.165, 1.54) is 67.2 Å². The van der Waals surface area contributed by atoms with Gasteiger partial charge in [-0.2, -0.15) is 0 Å². The Hall–Kier alpha value is -1.60. The summed E-state index contributed by atoms with van der Waals surface area (Å²) in [6.45, 7) is 5.33. The van der Waals surface area contributed by atoms with Crippen LogP contribution in [0.2, 0.25) is 0 Å². The van der Waals surface area contributed by atoms with E-state index in [9.17, 15) is 0 Å². The highest BCUT2D eigenvalue weighted by Crippen LogP contribution is 2.35. The highest BCUT2D eigenvalue weighted by atomic mass is 16.5. The zero-order valence-corrected chi connectivity index (χ0v) is 15.8. The van der Waals surface area contributed by atoms with Crippen LogP contribution < -0.4 is 0 Å². The summed E-state index contributed by atoms with van der Waals surface area (Å²) < 4.78 is 6.06. The topological polar surface area (TPSA) is 9.23 Å². The Kier molecular flexibility index (Phi) is 6.69. The number of hydrogen-bond acceptors (Lipinski definition) is 1. The van der Waals surface area contributed by atoms with Crippen LogP contribution in [0, 0.1) is 6.92 Å². The van der Waals surface area contributed by atoms with Crippen LogP contribution in [0.5, 0.6) is 0 Å². The summed E-state index contributed by atoms with van der Waals surface area (Å²) in [5.41, 5.74) is 5.44. The first-order valence-corrected chi connectivity index (χ1v) is 10.0. The largest absolute Gasteiger partial charge is 0.378 e. The maximum absolute atomic E-state index is 6.06. The first-order valence-electron chi connectivity index (χ1n) is 10.0. The standard InChI is InChI=1S/C24H32O/c1-3-4-5-18-25-24-16-14-23(15-17-24)22-12-10-21(11-13-22)20-8-6-19(2)7-9-20/h6-13,23-24H,3-5,14-18H2,1-2H3. The van der Waals surface area contributed by atoms with Crippen LogP contribution in [0.25, 0.3) is 11.1 Å². The smallest absolute Gasteiger partial charge is 0.0575 e. The van der Waals surface area contributed by atoms with Crippen molar-refractivity contribution in [3.05, 3.63) is 59.7 Å². The maximum atomic E-state index is 6.06. The number of unbranched alkanes of at least 4 members (excludes halogenated alkanes) is 2. The predicted octanol–water partition coefficient (Wildman–Crippen LogP) is 6.90. The molecule has 1 aliphatic rings. The Labute approximate surface area is 153 Å². The number of rotatable bonds is 7. The summed E-state index contributed by atoms with van der Waals surface area (Å²) in [4.78, 5) is 0. The van der Waals surface area contributed by atoms with Gasteiger partial charge in [-0.15, -0.1) is 0 Å². The summed E-state index contributed by atoms with van der Waals surface area (Å²) in [5, 5.41) is 0. The summed E-state index contributed by atoms with van der Waals surface area (Å²) in [5.74, 6) is 0.711. The highest BCUT2D eigenvalue weighted by molar-refractivity contribution is 5.64. The Balaban J connectivity index is 1.51. The molecule has 2 aromatic rings. The number of aryl methyl sites for hydroxylation is 1. The zero-order valence-electron chi connectivity index (χ0n) is 15.8. The van der Waals surface area contributed by atoms with Gasteiger partial charge in [0.25, 0.3) is 0 Å². The number of hydrogen-bond donors (Lipinski definition) is 0. The predicted molar refractivity (Wildman–Crippen MR) is 107 cm³/mol. The molecule has 2 aromatic carbocycles. The second-order valence-electron chi connectivity index (χ2n) is 7.54. The number of ether oxygens (including phenoxy) is 1. The van der Waals surface area contributed by atoms with Crippen LogP contribution in [0.1, 0.15) is 68.9 Å². The van der Waals surface area contributed by atoms with Crippen molar-refractivity contribution >= 4 is 0 Å². The van der Waals surface area contributed by atoms with Crippen molar-refractivity contribution in [3.8, 4) is 11.1 Å². The van der Waals surface area contributed by atoms with E-state index in [1.54, 1.807) is 0 Å². The number of benzene rings is 2. The molecule has 0 spiro atoms. The van der Waals surface area contributed by atoms with Crippen molar-refractivity contribution in [2.75, 3.05) is 6.61 Å². The van der Waals surface area contributed by atoms with Gasteiger partial charge in [0, 0.05) is 6.61 Å². The van der Waals surface area contributed by atoms with Crippen molar-refractivity contribution in [3.63, 3.8) is 0 Å². The molecule has 1 nitrogen and oxygen atoms in total. The molecule has 1 saturated carbocycles.